The molecule has 5 rings (SSSR count). The molecule has 1 aliphatic heterocycles. The highest BCUT2D eigenvalue weighted by Gasteiger charge is 2.25. The van der Waals surface area contributed by atoms with E-state index in [2.05, 4.69) is 26.0 Å². The number of carbonyl (C=O) groups is 2. The summed E-state index contributed by atoms with van der Waals surface area (Å²) in [5.74, 6) is 0.914. The molecule has 9 nitrogen and oxygen atoms in total. The summed E-state index contributed by atoms with van der Waals surface area (Å²) >= 11 is 0. The Hall–Kier alpha value is -3.75. The maximum atomic E-state index is 11.9. The van der Waals surface area contributed by atoms with E-state index in [4.69, 9.17) is 4.98 Å². The van der Waals surface area contributed by atoms with Crippen LogP contribution in [0.2, 0.25) is 0 Å². The summed E-state index contributed by atoms with van der Waals surface area (Å²) in [6, 6.07) is 8.25. The first-order valence-electron chi connectivity index (χ1n) is 9.99. The number of hydrogen-bond acceptors (Lipinski definition) is 7. The van der Waals surface area contributed by atoms with Crippen LogP contribution in [0.1, 0.15) is 30.5 Å². The van der Waals surface area contributed by atoms with Gasteiger partial charge in [0.2, 0.25) is 5.91 Å². The molecule has 3 aromatic heterocycles. The summed E-state index contributed by atoms with van der Waals surface area (Å²) in [4.78, 5) is 32.5. The molecule has 1 saturated carbocycles. The van der Waals surface area contributed by atoms with E-state index in [9.17, 15) is 9.59 Å². The lowest BCUT2D eigenvalue weighted by Gasteiger charge is -2.11. The molecule has 2 fully saturated rings. The van der Waals surface area contributed by atoms with Crippen LogP contribution < -0.4 is 16.0 Å². The number of amides is 2. The second-order valence-electron chi connectivity index (χ2n) is 7.50. The molecule has 0 aromatic carbocycles. The van der Waals surface area contributed by atoms with Gasteiger partial charge in [-0.1, -0.05) is 6.07 Å². The van der Waals surface area contributed by atoms with E-state index in [1.54, 1.807) is 23.0 Å². The standard InChI is InChI=1S/C21H21N7O2/c29-19-10-13(21(30)27-19)9-14-12-24-28-18(25-16-4-5-16)11-17(26-20(14)28)23-8-6-15-3-1-2-7-22-15/h1-3,7,9,11-12,16,25H,4-6,8,10H2,(H,23,26)(H,27,29,30). The molecule has 152 valence electrons. The van der Waals surface area contributed by atoms with Crippen molar-refractivity contribution in [1.29, 1.82) is 0 Å². The highest BCUT2D eigenvalue weighted by Crippen LogP contribution is 2.28. The Balaban J connectivity index is 1.44. The van der Waals surface area contributed by atoms with Crippen molar-refractivity contribution in [2.45, 2.75) is 31.7 Å². The second kappa shape index (κ2) is 7.58. The van der Waals surface area contributed by atoms with Crippen LogP contribution in [0.25, 0.3) is 11.7 Å². The first kappa shape index (κ1) is 18.3. The molecule has 2 aliphatic rings. The van der Waals surface area contributed by atoms with Gasteiger partial charge < -0.3 is 10.6 Å². The van der Waals surface area contributed by atoms with Gasteiger partial charge in [-0.25, -0.2) is 4.98 Å². The minimum Gasteiger partial charge on any atom is -0.369 e. The molecule has 30 heavy (non-hydrogen) atoms. The highest BCUT2D eigenvalue weighted by atomic mass is 16.2. The normalized spacial score (nSPS) is 17.5. The average Bonchev–Trinajstić information content (AvgIpc) is 3.37. The third-order valence-electron chi connectivity index (χ3n) is 5.07. The summed E-state index contributed by atoms with van der Waals surface area (Å²) in [6.45, 7) is 0.685. The number of pyridine rings is 1. The van der Waals surface area contributed by atoms with E-state index in [1.165, 1.54) is 0 Å². The molecule has 0 radical (unpaired) electrons. The van der Waals surface area contributed by atoms with Gasteiger partial charge in [-0.05, 0) is 31.1 Å². The van der Waals surface area contributed by atoms with Gasteiger partial charge in [0, 0.05) is 48.1 Å². The maximum Gasteiger partial charge on any atom is 0.254 e. The molecule has 9 heteroatoms. The number of fused-ring (bicyclic) bond motifs is 1. The second-order valence-corrected chi connectivity index (χ2v) is 7.50. The molecular weight excluding hydrogens is 382 g/mol. The van der Waals surface area contributed by atoms with Crippen LogP contribution >= 0.6 is 0 Å². The SMILES string of the molecule is O=C1CC(=Cc2cnn3c(NC4CC4)cc(NCCc4ccccn4)nc23)C(=O)N1. The van der Waals surface area contributed by atoms with Gasteiger partial charge in [-0.2, -0.15) is 9.61 Å². The highest BCUT2D eigenvalue weighted by molar-refractivity contribution is 6.15. The Morgan fingerprint density at radius 3 is 2.90 bits per heavy atom. The topological polar surface area (TPSA) is 113 Å². The van der Waals surface area contributed by atoms with Gasteiger partial charge in [-0.3, -0.25) is 19.9 Å². The van der Waals surface area contributed by atoms with E-state index in [1.807, 2.05) is 24.3 Å². The fourth-order valence-electron chi connectivity index (χ4n) is 3.39. The van der Waals surface area contributed by atoms with Crippen LogP contribution in [0, 0.1) is 0 Å². The zero-order valence-corrected chi connectivity index (χ0v) is 16.3. The number of aromatic nitrogens is 4. The van der Waals surface area contributed by atoms with Crippen molar-refractivity contribution in [2.24, 2.45) is 0 Å². The van der Waals surface area contributed by atoms with Crippen LogP contribution in [0.4, 0.5) is 11.6 Å². The average molecular weight is 403 g/mol. The predicted molar refractivity (Wildman–Crippen MR) is 112 cm³/mol. The van der Waals surface area contributed by atoms with Gasteiger partial charge in [0.1, 0.15) is 11.6 Å². The lowest BCUT2D eigenvalue weighted by Crippen LogP contribution is -2.19. The summed E-state index contributed by atoms with van der Waals surface area (Å²) in [5, 5.41) is 13.6. The van der Waals surface area contributed by atoms with Crippen molar-refractivity contribution in [3.63, 3.8) is 0 Å². The van der Waals surface area contributed by atoms with Crippen molar-refractivity contribution in [2.75, 3.05) is 17.2 Å². The van der Waals surface area contributed by atoms with Gasteiger partial charge in [0.15, 0.2) is 5.65 Å². The van der Waals surface area contributed by atoms with E-state index in [-0.39, 0.29) is 18.2 Å². The molecular formula is C21H21N7O2. The Kier molecular flexibility index (Phi) is 4.62. The van der Waals surface area contributed by atoms with Crippen molar-refractivity contribution in [3.05, 3.63) is 53.5 Å². The summed E-state index contributed by atoms with van der Waals surface area (Å²) in [5.41, 5.74) is 2.75. The molecule has 1 saturated heterocycles. The van der Waals surface area contributed by atoms with Crippen molar-refractivity contribution >= 4 is 35.2 Å². The number of carbonyl (C=O) groups excluding carboxylic acids is 2. The van der Waals surface area contributed by atoms with Crippen molar-refractivity contribution < 1.29 is 9.59 Å². The van der Waals surface area contributed by atoms with E-state index in [0.717, 1.165) is 30.8 Å². The van der Waals surface area contributed by atoms with Gasteiger partial charge in [-0.15, -0.1) is 0 Å². The Bertz CT molecular complexity index is 1150. The lowest BCUT2D eigenvalue weighted by molar-refractivity contribution is -0.124. The Labute approximate surface area is 172 Å². The van der Waals surface area contributed by atoms with Crippen LogP contribution in [0.15, 0.2) is 42.2 Å². The lowest BCUT2D eigenvalue weighted by atomic mass is 10.1. The van der Waals surface area contributed by atoms with E-state index >= 15 is 0 Å². The van der Waals surface area contributed by atoms with E-state index in [0.29, 0.717) is 35.2 Å². The quantitative estimate of drug-likeness (QED) is 0.407. The van der Waals surface area contributed by atoms with Gasteiger partial charge in [0.25, 0.3) is 5.91 Å². The smallest absolute Gasteiger partial charge is 0.254 e. The first-order valence-corrected chi connectivity index (χ1v) is 9.99. The van der Waals surface area contributed by atoms with E-state index < -0.39 is 0 Å². The maximum absolute atomic E-state index is 11.9. The Morgan fingerprint density at radius 1 is 1.27 bits per heavy atom. The summed E-state index contributed by atoms with van der Waals surface area (Å²) < 4.78 is 1.74. The van der Waals surface area contributed by atoms with Crippen LogP contribution in [-0.4, -0.2) is 44.0 Å². The zero-order valence-electron chi connectivity index (χ0n) is 16.3. The van der Waals surface area contributed by atoms with Gasteiger partial charge in [0.05, 0.1) is 12.6 Å². The Morgan fingerprint density at radius 2 is 2.17 bits per heavy atom. The molecule has 4 heterocycles. The van der Waals surface area contributed by atoms with Gasteiger partial charge >= 0.3 is 0 Å². The van der Waals surface area contributed by atoms with Crippen molar-refractivity contribution in [3.8, 4) is 0 Å². The molecule has 0 spiro atoms. The fraction of sp³-hybridized carbons (Fsp3) is 0.286. The number of rotatable bonds is 7. The fourth-order valence-corrected chi connectivity index (χ4v) is 3.39. The number of anilines is 2. The summed E-state index contributed by atoms with van der Waals surface area (Å²) in [7, 11) is 0. The molecule has 0 bridgehead atoms. The summed E-state index contributed by atoms with van der Waals surface area (Å²) in [6.07, 6.45) is 8.25. The molecule has 0 unspecified atom stereocenters. The predicted octanol–water partition coefficient (Wildman–Crippen LogP) is 1.78. The minimum atomic E-state index is -0.361. The number of imide groups is 1. The molecule has 3 N–H and O–H groups in total. The number of nitrogens with zero attached hydrogens (tertiary/aromatic N) is 4. The largest absolute Gasteiger partial charge is 0.369 e. The molecule has 2 amide bonds. The third-order valence-corrected chi connectivity index (χ3v) is 5.07. The van der Waals surface area contributed by atoms with Crippen LogP contribution in [-0.2, 0) is 16.0 Å². The van der Waals surface area contributed by atoms with Crippen LogP contribution in [0.3, 0.4) is 0 Å². The monoisotopic (exact) mass is 403 g/mol. The molecule has 3 aromatic rings. The van der Waals surface area contributed by atoms with Crippen LogP contribution in [0.5, 0.6) is 0 Å². The number of nitrogens with one attached hydrogen (secondary N) is 3. The molecule has 0 atom stereocenters. The molecule has 1 aliphatic carbocycles. The van der Waals surface area contributed by atoms with Crippen molar-refractivity contribution in [1.82, 2.24) is 24.9 Å². The minimum absolute atomic E-state index is 0.0748. The first-order chi connectivity index (χ1) is 14.7. The number of hydrogen-bond donors (Lipinski definition) is 3. The third kappa shape index (κ3) is 3.86. The zero-order chi connectivity index (χ0) is 20.5.